The van der Waals surface area contributed by atoms with E-state index in [9.17, 15) is 0 Å². The molecule has 1 aromatic rings. The van der Waals surface area contributed by atoms with Crippen LogP contribution in [0.2, 0.25) is 0 Å². The van der Waals surface area contributed by atoms with Crippen molar-refractivity contribution < 1.29 is 9.26 Å². The van der Waals surface area contributed by atoms with E-state index in [-0.39, 0.29) is 12.2 Å². The van der Waals surface area contributed by atoms with Gasteiger partial charge in [-0.3, -0.25) is 0 Å². The Morgan fingerprint density at radius 1 is 1.24 bits per heavy atom. The molecule has 0 bridgehead atoms. The third kappa shape index (κ3) is 2.35. The van der Waals surface area contributed by atoms with Crippen LogP contribution >= 0.6 is 0 Å². The topological polar surface area (TPSA) is 74.2 Å². The first-order valence-electron chi connectivity index (χ1n) is 6.53. The van der Waals surface area contributed by atoms with Crippen molar-refractivity contribution in [3.63, 3.8) is 0 Å². The molecule has 17 heavy (non-hydrogen) atoms. The second kappa shape index (κ2) is 4.74. The molecule has 0 spiro atoms. The number of hydrogen-bond acceptors (Lipinski definition) is 5. The van der Waals surface area contributed by atoms with E-state index in [1.165, 1.54) is 19.3 Å². The van der Waals surface area contributed by atoms with Gasteiger partial charge in [0.1, 0.15) is 6.10 Å². The van der Waals surface area contributed by atoms with Crippen LogP contribution in [0.4, 0.5) is 0 Å². The zero-order valence-electron chi connectivity index (χ0n) is 9.97. The van der Waals surface area contributed by atoms with Crippen molar-refractivity contribution in [3.8, 4) is 0 Å². The summed E-state index contributed by atoms with van der Waals surface area (Å²) in [7, 11) is 0. The molecule has 3 rings (SSSR count). The van der Waals surface area contributed by atoms with Gasteiger partial charge in [-0.2, -0.15) is 4.98 Å². The molecule has 1 saturated carbocycles. The number of nitrogens with zero attached hydrogens (tertiary/aromatic N) is 2. The van der Waals surface area contributed by atoms with E-state index in [2.05, 4.69) is 10.1 Å². The van der Waals surface area contributed by atoms with E-state index >= 15 is 0 Å². The first-order chi connectivity index (χ1) is 8.35. The Balaban J connectivity index is 1.60. The Morgan fingerprint density at radius 3 is 2.76 bits per heavy atom. The molecule has 2 aliphatic rings. The maximum absolute atomic E-state index is 5.75. The predicted molar refractivity (Wildman–Crippen MR) is 61.2 cm³/mol. The number of nitrogens with two attached hydrogens (primary N) is 1. The minimum Gasteiger partial charge on any atom is -0.366 e. The lowest BCUT2D eigenvalue weighted by Crippen LogP contribution is -2.19. The van der Waals surface area contributed by atoms with Gasteiger partial charge in [0.05, 0.1) is 6.10 Å². The lowest BCUT2D eigenvalue weighted by atomic mass is 9.83. The first kappa shape index (κ1) is 11.2. The molecule has 5 nitrogen and oxygen atoms in total. The standard InChI is InChI=1S/C12H19N3O2/c13-7-9-4-5-10(16-9)12-14-11(17-15-12)6-8-2-1-3-8/h8-10H,1-7,13H2. The Morgan fingerprint density at radius 2 is 2.12 bits per heavy atom. The van der Waals surface area contributed by atoms with Crippen LogP contribution in [0.15, 0.2) is 4.52 Å². The van der Waals surface area contributed by atoms with Gasteiger partial charge in [-0.1, -0.05) is 11.6 Å². The van der Waals surface area contributed by atoms with Crippen LogP contribution in [0.5, 0.6) is 0 Å². The molecule has 1 aromatic heterocycles. The van der Waals surface area contributed by atoms with E-state index in [0.29, 0.717) is 12.4 Å². The van der Waals surface area contributed by atoms with Crippen molar-refractivity contribution in [2.45, 2.75) is 50.7 Å². The zero-order valence-corrected chi connectivity index (χ0v) is 9.97. The van der Waals surface area contributed by atoms with Crippen LogP contribution < -0.4 is 5.73 Å². The molecule has 5 heteroatoms. The van der Waals surface area contributed by atoms with Crippen LogP contribution in [0, 0.1) is 5.92 Å². The average Bonchev–Trinajstić information content (AvgIpc) is 2.92. The highest BCUT2D eigenvalue weighted by molar-refractivity contribution is 4.96. The van der Waals surface area contributed by atoms with Crippen molar-refractivity contribution in [3.05, 3.63) is 11.7 Å². The Bertz CT molecular complexity index is 376. The fourth-order valence-corrected chi connectivity index (χ4v) is 2.49. The van der Waals surface area contributed by atoms with Gasteiger partial charge in [-0.15, -0.1) is 0 Å². The molecule has 1 aliphatic heterocycles. The molecule has 0 radical (unpaired) electrons. The van der Waals surface area contributed by atoms with Gasteiger partial charge in [0.2, 0.25) is 11.7 Å². The van der Waals surface area contributed by atoms with Gasteiger partial charge in [-0.25, -0.2) is 0 Å². The van der Waals surface area contributed by atoms with E-state index < -0.39 is 0 Å². The van der Waals surface area contributed by atoms with Crippen LogP contribution in [0.25, 0.3) is 0 Å². The summed E-state index contributed by atoms with van der Waals surface area (Å²) < 4.78 is 11.0. The molecule has 2 atom stereocenters. The largest absolute Gasteiger partial charge is 0.366 e. The summed E-state index contributed by atoms with van der Waals surface area (Å²) in [6.45, 7) is 0.573. The van der Waals surface area contributed by atoms with Crippen molar-refractivity contribution in [1.82, 2.24) is 10.1 Å². The summed E-state index contributed by atoms with van der Waals surface area (Å²) in [6, 6.07) is 0. The lowest BCUT2D eigenvalue weighted by molar-refractivity contribution is 0.0435. The van der Waals surface area contributed by atoms with Crippen molar-refractivity contribution in [1.29, 1.82) is 0 Å². The van der Waals surface area contributed by atoms with Gasteiger partial charge in [0.15, 0.2) is 0 Å². The predicted octanol–water partition coefficient (Wildman–Crippen LogP) is 1.59. The summed E-state index contributed by atoms with van der Waals surface area (Å²) in [5.74, 6) is 2.23. The molecule has 94 valence electrons. The maximum Gasteiger partial charge on any atom is 0.227 e. The molecular formula is C12H19N3O2. The van der Waals surface area contributed by atoms with E-state index in [1.807, 2.05) is 0 Å². The molecule has 2 heterocycles. The van der Waals surface area contributed by atoms with Gasteiger partial charge < -0.3 is 15.0 Å². The van der Waals surface area contributed by atoms with E-state index in [0.717, 1.165) is 31.1 Å². The minimum absolute atomic E-state index is 0.0116. The number of hydrogen-bond donors (Lipinski definition) is 1. The Labute approximate surface area is 101 Å². The normalized spacial score (nSPS) is 29.5. The SMILES string of the molecule is NCC1CCC(c2noc(CC3CCC3)n2)O1. The van der Waals surface area contributed by atoms with Crippen molar-refractivity contribution in [2.75, 3.05) is 6.54 Å². The second-order valence-corrected chi connectivity index (χ2v) is 5.11. The van der Waals surface area contributed by atoms with Crippen LogP contribution in [0.1, 0.15) is 49.9 Å². The first-order valence-corrected chi connectivity index (χ1v) is 6.53. The molecule has 1 saturated heterocycles. The van der Waals surface area contributed by atoms with Gasteiger partial charge in [0, 0.05) is 13.0 Å². The smallest absolute Gasteiger partial charge is 0.227 e. The Hall–Kier alpha value is -0.940. The highest BCUT2D eigenvalue weighted by Gasteiger charge is 2.30. The summed E-state index contributed by atoms with van der Waals surface area (Å²) in [5, 5.41) is 4.03. The highest BCUT2D eigenvalue weighted by atomic mass is 16.5. The average molecular weight is 237 g/mol. The summed E-state index contributed by atoms with van der Waals surface area (Å²) in [5.41, 5.74) is 5.58. The fourth-order valence-electron chi connectivity index (χ4n) is 2.49. The third-order valence-electron chi connectivity index (χ3n) is 3.83. The van der Waals surface area contributed by atoms with Crippen LogP contribution in [0.3, 0.4) is 0 Å². The molecule has 2 N–H and O–H groups in total. The lowest BCUT2D eigenvalue weighted by Gasteiger charge is -2.23. The third-order valence-corrected chi connectivity index (χ3v) is 3.83. The monoisotopic (exact) mass is 237 g/mol. The van der Waals surface area contributed by atoms with Gasteiger partial charge in [-0.05, 0) is 31.6 Å². The maximum atomic E-state index is 5.75. The van der Waals surface area contributed by atoms with Gasteiger partial charge >= 0.3 is 0 Å². The number of rotatable bonds is 4. The highest BCUT2D eigenvalue weighted by Crippen LogP contribution is 2.32. The Kier molecular flexibility index (Phi) is 3.11. The number of ether oxygens (including phenoxy) is 1. The van der Waals surface area contributed by atoms with Crippen LogP contribution in [-0.2, 0) is 11.2 Å². The molecule has 2 fully saturated rings. The van der Waals surface area contributed by atoms with E-state index in [4.69, 9.17) is 15.0 Å². The zero-order chi connectivity index (χ0) is 11.7. The summed E-state index contributed by atoms with van der Waals surface area (Å²) in [6.07, 6.45) is 6.96. The van der Waals surface area contributed by atoms with Gasteiger partial charge in [0.25, 0.3) is 0 Å². The number of aromatic nitrogens is 2. The minimum atomic E-state index is -0.0116. The quantitative estimate of drug-likeness (QED) is 0.860. The molecule has 1 aliphatic carbocycles. The van der Waals surface area contributed by atoms with Crippen molar-refractivity contribution in [2.24, 2.45) is 11.7 Å². The molecule has 0 aromatic carbocycles. The van der Waals surface area contributed by atoms with E-state index in [1.54, 1.807) is 0 Å². The summed E-state index contributed by atoms with van der Waals surface area (Å²) in [4.78, 5) is 4.44. The van der Waals surface area contributed by atoms with Crippen molar-refractivity contribution >= 4 is 0 Å². The second-order valence-electron chi connectivity index (χ2n) is 5.11. The fraction of sp³-hybridized carbons (Fsp3) is 0.833. The molecular weight excluding hydrogens is 218 g/mol. The molecule has 0 amide bonds. The molecule has 2 unspecified atom stereocenters. The summed E-state index contributed by atoms with van der Waals surface area (Å²) >= 11 is 0. The van der Waals surface area contributed by atoms with Crippen LogP contribution in [-0.4, -0.2) is 22.8 Å².